The second-order valence-corrected chi connectivity index (χ2v) is 5.73. The fraction of sp³-hybridized carbons (Fsp3) is 0.667. The summed E-state index contributed by atoms with van der Waals surface area (Å²) in [7, 11) is 0. The van der Waals surface area contributed by atoms with Crippen LogP contribution < -0.4 is 10.9 Å². The van der Waals surface area contributed by atoms with Gasteiger partial charge in [0.25, 0.3) is 0 Å². The van der Waals surface area contributed by atoms with Crippen molar-refractivity contribution in [3.63, 3.8) is 0 Å². The molecule has 1 unspecified atom stereocenters. The molecule has 1 atom stereocenters. The highest BCUT2D eigenvalue weighted by molar-refractivity contribution is 5.18. The number of nitrogens with one attached hydrogen (secondary N) is 2. The molecule has 0 bridgehead atoms. The highest BCUT2D eigenvalue weighted by atomic mass is 16.5. The molecule has 0 radical (unpaired) electrons. The summed E-state index contributed by atoms with van der Waals surface area (Å²) in [6, 6.07) is 10.9. The minimum atomic E-state index is 0.378. The first-order valence-electron chi connectivity index (χ1n) is 8.22. The zero-order chi connectivity index (χ0) is 15.9. The second-order valence-electron chi connectivity index (χ2n) is 5.73. The van der Waals surface area contributed by atoms with Crippen LogP contribution in [0.3, 0.4) is 0 Å². The fourth-order valence-electron chi connectivity index (χ4n) is 1.71. The summed E-state index contributed by atoms with van der Waals surface area (Å²) in [5.41, 5.74) is 7.95. The molecule has 1 rings (SSSR count). The van der Waals surface area contributed by atoms with Crippen LogP contribution in [0.5, 0.6) is 0 Å². The average Bonchev–Trinajstić information content (AvgIpc) is 2.47. The maximum absolute atomic E-state index is 5.28. The zero-order valence-corrected chi connectivity index (χ0v) is 14.5. The van der Waals surface area contributed by atoms with Gasteiger partial charge in [0.15, 0.2) is 0 Å². The second kappa shape index (κ2) is 14.1. The van der Waals surface area contributed by atoms with Crippen LogP contribution in [-0.4, -0.2) is 19.8 Å². The van der Waals surface area contributed by atoms with E-state index in [0.717, 1.165) is 38.5 Å². The van der Waals surface area contributed by atoms with Gasteiger partial charge in [0, 0.05) is 25.8 Å². The molecule has 1 aromatic rings. The molecular weight excluding hydrogens is 260 g/mol. The molecule has 0 aliphatic heterocycles. The molecule has 0 aliphatic rings. The van der Waals surface area contributed by atoms with E-state index in [4.69, 9.17) is 4.74 Å². The summed E-state index contributed by atoms with van der Waals surface area (Å²) in [5, 5.41) is 0. The Kier molecular flexibility index (Phi) is 13.5. The number of hydrogen-bond donors (Lipinski definition) is 2. The summed E-state index contributed by atoms with van der Waals surface area (Å²) in [5.74, 6) is 0.833. The Morgan fingerprint density at radius 2 is 1.67 bits per heavy atom. The first kappa shape index (κ1) is 20.1. The molecule has 2 N–H and O–H groups in total. The van der Waals surface area contributed by atoms with Crippen molar-refractivity contribution in [2.24, 2.45) is 5.92 Å². The van der Waals surface area contributed by atoms with E-state index in [1.807, 2.05) is 13.0 Å². The van der Waals surface area contributed by atoms with Crippen LogP contribution in [0, 0.1) is 5.92 Å². The van der Waals surface area contributed by atoms with Crippen molar-refractivity contribution in [3.05, 3.63) is 35.9 Å². The molecule has 0 fully saturated rings. The summed E-state index contributed by atoms with van der Waals surface area (Å²) in [4.78, 5) is 0. The summed E-state index contributed by atoms with van der Waals surface area (Å²) >= 11 is 0. The molecular formula is C18H34N2O. The molecule has 1 aromatic carbocycles. The molecule has 122 valence electrons. The number of benzene rings is 1. The Hall–Kier alpha value is -0.900. The Labute approximate surface area is 131 Å². The number of hydrazine groups is 1. The Morgan fingerprint density at radius 1 is 1.05 bits per heavy atom. The lowest BCUT2D eigenvalue weighted by atomic mass is 10.1. The molecule has 0 saturated heterocycles. The van der Waals surface area contributed by atoms with Gasteiger partial charge in [-0.05, 0) is 31.2 Å². The molecule has 0 aliphatic carbocycles. The third-order valence-corrected chi connectivity index (χ3v) is 2.68. The quantitative estimate of drug-likeness (QED) is 0.525. The lowest BCUT2D eigenvalue weighted by Gasteiger charge is -2.18. The van der Waals surface area contributed by atoms with Gasteiger partial charge < -0.3 is 4.74 Å². The summed E-state index contributed by atoms with van der Waals surface area (Å²) in [6.45, 7) is 13.3. The number of ether oxygens (including phenoxy) is 1. The van der Waals surface area contributed by atoms with E-state index >= 15 is 0 Å². The van der Waals surface area contributed by atoms with Gasteiger partial charge in [-0.25, -0.2) is 0 Å². The number of hydrogen-bond acceptors (Lipinski definition) is 3. The van der Waals surface area contributed by atoms with Gasteiger partial charge in [0.1, 0.15) is 0 Å². The summed E-state index contributed by atoms with van der Waals surface area (Å²) < 4.78 is 5.28. The molecule has 21 heavy (non-hydrogen) atoms. The Balaban J connectivity index is 0.000000885. The predicted molar refractivity (Wildman–Crippen MR) is 92.2 cm³/mol. The average molecular weight is 294 g/mol. The van der Waals surface area contributed by atoms with Gasteiger partial charge in [-0.3, -0.25) is 10.9 Å². The predicted octanol–water partition coefficient (Wildman–Crippen LogP) is 4.32. The Morgan fingerprint density at radius 3 is 2.19 bits per heavy atom. The van der Waals surface area contributed by atoms with Gasteiger partial charge in [-0.2, -0.15) is 0 Å². The van der Waals surface area contributed by atoms with Crippen LogP contribution >= 0.6 is 0 Å². The van der Waals surface area contributed by atoms with Crippen LogP contribution in [0.1, 0.15) is 59.1 Å². The molecule has 3 heteroatoms. The summed E-state index contributed by atoms with van der Waals surface area (Å²) in [6.07, 6.45) is 2.11. The van der Waals surface area contributed by atoms with Gasteiger partial charge in [-0.15, -0.1) is 0 Å². The maximum atomic E-state index is 5.28. The maximum Gasteiger partial charge on any atom is 0.0478 e. The van der Waals surface area contributed by atoms with E-state index in [0.29, 0.717) is 6.04 Å². The van der Waals surface area contributed by atoms with Crippen molar-refractivity contribution in [2.45, 2.75) is 53.5 Å². The normalized spacial score (nSPS) is 11.9. The number of rotatable bonds is 9. The Bertz CT molecular complexity index is 311. The van der Waals surface area contributed by atoms with Gasteiger partial charge in [-0.1, -0.05) is 58.0 Å². The molecule has 0 spiro atoms. The van der Waals surface area contributed by atoms with E-state index in [9.17, 15) is 0 Å². The first-order chi connectivity index (χ1) is 10.1. The highest BCUT2D eigenvalue weighted by Crippen LogP contribution is 2.14. The van der Waals surface area contributed by atoms with Crippen LogP contribution in [0.4, 0.5) is 0 Å². The van der Waals surface area contributed by atoms with Crippen molar-refractivity contribution >= 4 is 0 Å². The molecule has 0 heterocycles. The standard InChI is InChI=1S/C14H24N2O.C4H10/c1-3-14(13-9-6-5-7-10-13)16-15-11-8-12-17-4-2;1-4(2)3/h5-7,9-10,14-16H,3-4,8,11-12H2,1-2H3;4H,1-3H3. The third kappa shape index (κ3) is 12.5. The SMILES string of the molecule is CC(C)C.CCOCCCNNC(CC)c1ccccc1. The van der Waals surface area contributed by atoms with Crippen molar-refractivity contribution < 1.29 is 4.74 Å². The van der Waals surface area contributed by atoms with Crippen LogP contribution in [-0.2, 0) is 4.74 Å². The van der Waals surface area contributed by atoms with Crippen LogP contribution in [0.15, 0.2) is 30.3 Å². The molecule has 0 amide bonds. The monoisotopic (exact) mass is 294 g/mol. The largest absolute Gasteiger partial charge is 0.382 e. The highest BCUT2D eigenvalue weighted by Gasteiger charge is 2.06. The van der Waals surface area contributed by atoms with E-state index in [-0.39, 0.29) is 0 Å². The minimum absolute atomic E-state index is 0.378. The molecule has 3 nitrogen and oxygen atoms in total. The molecule has 0 saturated carbocycles. The van der Waals surface area contributed by atoms with Gasteiger partial charge in [0.05, 0.1) is 0 Å². The third-order valence-electron chi connectivity index (χ3n) is 2.68. The smallest absolute Gasteiger partial charge is 0.0478 e. The first-order valence-corrected chi connectivity index (χ1v) is 8.22. The van der Waals surface area contributed by atoms with Crippen molar-refractivity contribution in [2.75, 3.05) is 19.8 Å². The van der Waals surface area contributed by atoms with Crippen LogP contribution in [0.25, 0.3) is 0 Å². The van der Waals surface area contributed by atoms with Gasteiger partial charge >= 0.3 is 0 Å². The van der Waals surface area contributed by atoms with E-state index in [1.54, 1.807) is 0 Å². The van der Waals surface area contributed by atoms with Crippen LogP contribution in [0.2, 0.25) is 0 Å². The topological polar surface area (TPSA) is 33.3 Å². The van der Waals surface area contributed by atoms with E-state index in [2.05, 4.69) is 62.8 Å². The lowest BCUT2D eigenvalue weighted by molar-refractivity contribution is 0.143. The van der Waals surface area contributed by atoms with Crippen molar-refractivity contribution in [1.82, 2.24) is 10.9 Å². The van der Waals surface area contributed by atoms with Gasteiger partial charge in [0.2, 0.25) is 0 Å². The fourth-order valence-corrected chi connectivity index (χ4v) is 1.71. The van der Waals surface area contributed by atoms with E-state index in [1.165, 1.54) is 5.56 Å². The molecule has 0 aromatic heterocycles. The minimum Gasteiger partial charge on any atom is -0.382 e. The zero-order valence-electron chi connectivity index (χ0n) is 14.5. The lowest BCUT2D eigenvalue weighted by Crippen LogP contribution is -2.36. The van der Waals surface area contributed by atoms with Crippen molar-refractivity contribution in [3.8, 4) is 0 Å². The van der Waals surface area contributed by atoms with E-state index < -0.39 is 0 Å². The van der Waals surface area contributed by atoms with Crippen molar-refractivity contribution in [1.29, 1.82) is 0 Å².